The highest BCUT2D eigenvalue weighted by molar-refractivity contribution is 9.10. The number of hydrogen-bond donors (Lipinski definition) is 2. The third kappa shape index (κ3) is 6.68. The predicted octanol–water partition coefficient (Wildman–Crippen LogP) is 4.67. The average molecular weight is 507 g/mol. The highest BCUT2D eigenvalue weighted by Crippen LogP contribution is 2.16. The van der Waals surface area contributed by atoms with Crippen LogP contribution in [0.5, 0.6) is 0 Å². The minimum atomic E-state index is -0.680. The molecule has 9 heteroatoms. The molecule has 0 aliphatic rings. The van der Waals surface area contributed by atoms with E-state index in [1.807, 2.05) is 24.3 Å². The Kier molecular flexibility index (Phi) is 7.82. The number of nitrogens with zero attached hydrogens (tertiary/aromatic N) is 2. The molecular weight excluding hydrogens is 488 g/mol. The summed E-state index contributed by atoms with van der Waals surface area (Å²) in [5.41, 5.74) is 4.24. The van der Waals surface area contributed by atoms with Crippen LogP contribution in [0.1, 0.15) is 28.4 Å². The molecule has 2 N–H and O–H groups in total. The zero-order chi connectivity index (χ0) is 23.8. The minimum Gasteiger partial charge on any atom is -0.317 e. The van der Waals surface area contributed by atoms with Crippen LogP contribution in [0.2, 0.25) is 0 Å². The van der Waals surface area contributed by atoms with Crippen LogP contribution in [-0.4, -0.2) is 22.4 Å². The maximum atomic E-state index is 12.9. The van der Waals surface area contributed by atoms with Crippen molar-refractivity contribution in [1.29, 1.82) is 0 Å². The van der Waals surface area contributed by atoms with Crippen LogP contribution < -0.4 is 10.7 Å². The highest BCUT2D eigenvalue weighted by atomic mass is 79.9. The lowest BCUT2D eigenvalue weighted by Gasteiger charge is -2.10. The first-order valence-electron chi connectivity index (χ1n) is 9.76. The normalized spacial score (nSPS) is 11.6. The minimum absolute atomic E-state index is 0.116. The molecule has 0 unspecified atom stereocenters. The van der Waals surface area contributed by atoms with Crippen LogP contribution in [-0.2, 0) is 4.79 Å². The first-order valence-corrected chi connectivity index (χ1v) is 10.6. The van der Waals surface area contributed by atoms with E-state index in [2.05, 4.69) is 31.8 Å². The molecule has 3 aromatic rings. The zero-order valence-corrected chi connectivity index (χ0v) is 19.1. The quantitative estimate of drug-likeness (QED) is 0.209. The van der Waals surface area contributed by atoms with Gasteiger partial charge in [-0.15, -0.1) is 0 Å². The van der Waals surface area contributed by atoms with Gasteiger partial charge in [0.15, 0.2) is 0 Å². The molecular formula is C24H19BrN4O4. The van der Waals surface area contributed by atoms with Gasteiger partial charge in [0, 0.05) is 22.2 Å². The number of carbonyl (C=O) groups is 2. The van der Waals surface area contributed by atoms with Gasteiger partial charge in [-0.3, -0.25) is 19.7 Å². The summed E-state index contributed by atoms with van der Waals surface area (Å²) in [7, 11) is 0. The second-order valence-corrected chi connectivity index (χ2v) is 7.79. The van der Waals surface area contributed by atoms with Crippen molar-refractivity contribution in [2.75, 3.05) is 0 Å². The number of nitrogens with one attached hydrogen (secondary N) is 2. The zero-order valence-electron chi connectivity index (χ0n) is 17.5. The van der Waals surface area contributed by atoms with Crippen LogP contribution in [0.4, 0.5) is 5.69 Å². The summed E-state index contributed by atoms with van der Waals surface area (Å²) in [5.74, 6) is -1.18. The van der Waals surface area contributed by atoms with Gasteiger partial charge in [-0.25, -0.2) is 5.43 Å². The number of rotatable bonds is 7. The van der Waals surface area contributed by atoms with E-state index in [4.69, 9.17) is 0 Å². The van der Waals surface area contributed by atoms with Gasteiger partial charge in [0.2, 0.25) is 0 Å². The number of carbonyl (C=O) groups excluding carboxylic acids is 2. The molecule has 3 rings (SSSR count). The van der Waals surface area contributed by atoms with Crippen molar-refractivity contribution in [2.24, 2.45) is 5.10 Å². The standard InChI is InChI=1S/C24H19BrN4O4/c1-16(19-10-6-11-20(25)15-19)27-28-24(31)22(26-23(30)18-8-3-2-4-9-18)14-17-7-5-12-21(13-17)29(32)33/h2-15H,1H3,(H,26,30)(H,28,31). The smallest absolute Gasteiger partial charge is 0.287 e. The van der Waals surface area contributed by atoms with E-state index in [9.17, 15) is 19.7 Å². The van der Waals surface area contributed by atoms with E-state index in [0.29, 0.717) is 16.8 Å². The van der Waals surface area contributed by atoms with Gasteiger partial charge in [0.1, 0.15) is 5.70 Å². The molecule has 0 aliphatic carbocycles. The SMILES string of the molecule is CC(=NNC(=O)C(=Cc1cccc([N+](=O)[O-])c1)NC(=O)c1ccccc1)c1cccc(Br)c1. The molecule has 3 aromatic carbocycles. The van der Waals surface area contributed by atoms with Gasteiger partial charge < -0.3 is 5.32 Å². The van der Waals surface area contributed by atoms with E-state index >= 15 is 0 Å². The molecule has 0 radical (unpaired) electrons. The Bertz CT molecular complexity index is 1260. The molecule has 0 spiro atoms. The summed E-state index contributed by atoms with van der Waals surface area (Å²) >= 11 is 3.39. The molecule has 33 heavy (non-hydrogen) atoms. The van der Waals surface area contributed by atoms with Gasteiger partial charge in [-0.05, 0) is 48.4 Å². The Morgan fingerprint density at radius 3 is 2.36 bits per heavy atom. The molecule has 2 amide bonds. The van der Waals surface area contributed by atoms with Crippen molar-refractivity contribution in [3.8, 4) is 0 Å². The number of halogens is 1. The number of nitro groups is 1. The number of hydrogen-bond acceptors (Lipinski definition) is 5. The van der Waals surface area contributed by atoms with Crippen LogP contribution >= 0.6 is 15.9 Å². The maximum absolute atomic E-state index is 12.9. The molecule has 0 heterocycles. The largest absolute Gasteiger partial charge is 0.317 e. The summed E-state index contributed by atoms with van der Waals surface area (Å²) < 4.78 is 0.863. The highest BCUT2D eigenvalue weighted by Gasteiger charge is 2.15. The summed E-state index contributed by atoms with van der Waals surface area (Å²) in [5, 5.41) is 17.8. The monoisotopic (exact) mass is 506 g/mol. The van der Waals surface area contributed by atoms with Crippen LogP contribution in [0.25, 0.3) is 6.08 Å². The second kappa shape index (κ2) is 11.0. The molecule has 0 saturated carbocycles. The number of hydrazone groups is 1. The molecule has 8 nitrogen and oxygen atoms in total. The van der Waals surface area contributed by atoms with Crippen LogP contribution in [0.15, 0.2) is 94.1 Å². The lowest BCUT2D eigenvalue weighted by Crippen LogP contribution is -2.33. The summed E-state index contributed by atoms with van der Waals surface area (Å²) in [6.45, 7) is 1.73. The van der Waals surface area contributed by atoms with Gasteiger partial charge >= 0.3 is 0 Å². The van der Waals surface area contributed by atoms with E-state index in [-0.39, 0.29) is 11.4 Å². The number of nitro benzene ring substituents is 1. The molecule has 0 aromatic heterocycles. The fourth-order valence-corrected chi connectivity index (χ4v) is 3.21. The topological polar surface area (TPSA) is 114 Å². The van der Waals surface area contributed by atoms with Crippen LogP contribution in [0, 0.1) is 10.1 Å². The maximum Gasteiger partial charge on any atom is 0.287 e. The van der Waals surface area contributed by atoms with Crippen LogP contribution in [0.3, 0.4) is 0 Å². The van der Waals surface area contributed by atoms with Crippen molar-refractivity contribution in [2.45, 2.75) is 6.92 Å². The Morgan fingerprint density at radius 2 is 1.67 bits per heavy atom. The summed E-state index contributed by atoms with van der Waals surface area (Å²) in [4.78, 5) is 36.1. The van der Waals surface area contributed by atoms with E-state index in [1.54, 1.807) is 43.3 Å². The Labute approximate surface area is 198 Å². The van der Waals surface area contributed by atoms with Crippen molar-refractivity contribution < 1.29 is 14.5 Å². The fraction of sp³-hybridized carbons (Fsp3) is 0.0417. The van der Waals surface area contributed by atoms with Crippen molar-refractivity contribution in [1.82, 2.24) is 10.7 Å². The molecule has 0 atom stereocenters. The number of benzene rings is 3. The molecule has 0 bridgehead atoms. The summed E-state index contributed by atoms with van der Waals surface area (Å²) in [6, 6.07) is 21.5. The Balaban J connectivity index is 1.89. The van der Waals surface area contributed by atoms with Gasteiger partial charge in [-0.2, -0.15) is 5.10 Å². The first-order chi connectivity index (χ1) is 15.8. The predicted molar refractivity (Wildman–Crippen MR) is 129 cm³/mol. The Hall–Kier alpha value is -4.11. The van der Waals surface area contributed by atoms with E-state index in [0.717, 1.165) is 10.0 Å². The molecule has 0 saturated heterocycles. The molecule has 0 fully saturated rings. The first kappa shape index (κ1) is 23.6. The number of non-ortho nitro benzene ring substituents is 1. The Morgan fingerprint density at radius 1 is 0.970 bits per heavy atom. The molecule has 166 valence electrons. The lowest BCUT2D eigenvalue weighted by atomic mass is 10.1. The second-order valence-electron chi connectivity index (χ2n) is 6.88. The third-order valence-electron chi connectivity index (χ3n) is 4.49. The van der Waals surface area contributed by atoms with Gasteiger partial charge in [0.05, 0.1) is 10.6 Å². The molecule has 0 aliphatic heterocycles. The average Bonchev–Trinajstić information content (AvgIpc) is 2.82. The number of amides is 2. The summed E-state index contributed by atoms with van der Waals surface area (Å²) in [6.07, 6.45) is 1.35. The fourth-order valence-electron chi connectivity index (χ4n) is 2.81. The van der Waals surface area contributed by atoms with Crippen molar-refractivity contribution >= 4 is 45.2 Å². The van der Waals surface area contributed by atoms with Crippen molar-refractivity contribution in [3.63, 3.8) is 0 Å². The van der Waals surface area contributed by atoms with Gasteiger partial charge in [0.25, 0.3) is 17.5 Å². The van der Waals surface area contributed by atoms with E-state index < -0.39 is 16.7 Å². The van der Waals surface area contributed by atoms with Gasteiger partial charge in [-0.1, -0.05) is 58.4 Å². The van der Waals surface area contributed by atoms with Crippen molar-refractivity contribution in [3.05, 3.63) is 116 Å². The van der Waals surface area contributed by atoms with E-state index in [1.165, 1.54) is 24.3 Å². The third-order valence-corrected chi connectivity index (χ3v) is 4.98. The lowest BCUT2D eigenvalue weighted by molar-refractivity contribution is -0.384.